The van der Waals surface area contributed by atoms with Crippen molar-refractivity contribution in [1.29, 1.82) is 0 Å². The number of rotatable bonds is 6. The van der Waals surface area contributed by atoms with Crippen LogP contribution >= 0.6 is 23.2 Å². The molecule has 2 rings (SSSR count). The summed E-state index contributed by atoms with van der Waals surface area (Å²) in [5.74, 6) is 0.888. The molecule has 0 atom stereocenters. The Morgan fingerprint density at radius 3 is 2.26 bits per heavy atom. The molecule has 8 heteroatoms. The van der Waals surface area contributed by atoms with Crippen molar-refractivity contribution in [3.05, 3.63) is 46.4 Å². The molecule has 0 saturated carbocycles. The van der Waals surface area contributed by atoms with E-state index in [1.54, 1.807) is 12.1 Å². The predicted molar refractivity (Wildman–Crippen MR) is 91.4 cm³/mol. The molecule has 0 unspecified atom stereocenters. The zero-order valence-electron chi connectivity index (χ0n) is 12.5. The maximum Gasteiger partial charge on any atom is 0.261 e. The van der Waals surface area contributed by atoms with Crippen LogP contribution in [0.1, 0.15) is 6.92 Å². The van der Waals surface area contributed by atoms with Crippen molar-refractivity contribution in [3.63, 3.8) is 0 Å². The Labute approximate surface area is 145 Å². The predicted octanol–water partition coefficient (Wildman–Crippen LogP) is 4.20. The van der Waals surface area contributed by atoms with Crippen molar-refractivity contribution in [2.75, 3.05) is 18.4 Å². The number of sulfonamides is 1. The van der Waals surface area contributed by atoms with Gasteiger partial charge < -0.3 is 9.47 Å². The molecule has 2 aromatic carbocycles. The Hall–Kier alpha value is -1.63. The number of hydrogen-bond donors (Lipinski definition) is 1. The van der Waals surface area contributed by atoms with E-state index in [2.05, 4.69) is 4.72 Å². The summed E-state index contributed by atoms with van der Waals surface area (Å²) >= 11 is 12.0. The van der Waals surface area contributed by atoms with Crippen molar-refractivity contribution >= 4 is 38.9 Å². The highest BCUT2D eigenvalue weighted by molar-refractivity contribution is 7.92. The van der Waals surface area contributed by atoms with Crippen LogP contribution < -0.4 is 14.2 Å². The van der Waals surface area contributed by atoms with Gasteiger partial charge in [0.25, 0.3) is 10.0 Å². The van der Waals surface area contributed by atoms with Gasteiger partial charge in [-0.1, -0.05) is 23.2 Å². The molecular formula is C15H15Cl2NO4S. The van der Waals surface area contributed by atoms with Crippen molar-refractivity contribution in [1.82, 2.24) is 0 Å². The second-order valence-corrected chi connectivity index (χ2v) is 6.98. The molecule has 1 N–H and O–H groups in total. The molecule has 0 aliphatic carbocycles. The SMILES string of the molecule is CCOc1ccc(S(=O)(=O)Nc2ccc(OC)c(Cl)c2)cc1Cl. The molecule has 23 heavy (non-hydrogen) atoms. The fraction of sp³-hybridized carbons (Fsp3) is 0.200. The van der Waals surface area contributed by atoms with Crippen LogP contribution in [0.3, 0.4) is 0 Å². The monoisotopic (exact) mass is 375 g/mol. The van der Waals surface area contributed by atoms with Gasteiger partial charge in [0.05, 0.1) is 34.3 Å². The summed E-state index contributed by atoms with van der Waals surface area (Å²) in [6.45, 7) is 2.25. The number of methoxy groups -OCH3 is 1. The maximum absolute atomic E-state index is 12.4. The van der Waals surface area contributed by atoms with Crippen molar-refractivity contribution in [3.8, 4) is 11.5 Å². The van der Waals surface area contributed by atoms with Crippen LogP contribution in [0.5, 0.6) is 11.5 Å². The van der Waals surface area contributed by atoms with E-state index in [0.717, 1.165) is 0 Å². The van der Waals surface area contributed by atoms with Crippen molar-refractivity contribution < 1.29 is 17.9 Å². The molecule has 0 fully saturated rings. The zero-order valence-corrected chi connectivity index (χ0v) is 14.8. The number of ether oxygens (including phenoxy) is 2. The number of benzene rings is 2. The average molecular weight is 376 g/mol. The molecule has 0 aliphatic heterocycles. The summed E-state index contributed by atoms with van der Waals surface area (Å²) < 4.78 is 37.6. The molecule has 0 heterocycles. The lowest BCUT2D eigenvalue weighted by atomic mass is 10.3. The summed E-state index contributed by atoms with van der Waals surface area (Å²) in [4.78, 5) is 0.0258. The molecule has 2 aromatic rings. The number of halogens is 2. The Bertz CT molecular complexity index is 809. The van der Waals surface area contributed by atoms with Gasteiger partial charge >= 0.3 is 0 Å². The van der Waals surface area contributed by atoms with Crippen molar-refractivity contribution in [2.45, 2.75) is 11.8 Å². The van der Waals surface area contributed by atoms with E-state index in [1.165, 1.54) is 31.4 Å². The summed E-state index contributed by atoms with van der Waals surface area (Å²) in [6.07, 6.45) is 0. The van der Waals surface area contributed by atoms with Crippen LogP contribution in [0.15, 0.2) is 41.3 Å². The lowest BCUT2D eigenvalue weighted by Crippen LogP contribution is -2.13. The molecule has 5 nitrogen and oxygen atoms in total. The van der Waals surface area contributed by atoms with Crippen LogP contribution in [-0.2, 0) is 10.0 Å². The van der Waals surface area contributed by atoms with Gasteiger partial charge in [-0.2, -0.15) is 0 Å². The van der Waals surface area contributed by atoms with Gasteiger partial charge in [-0.15, -0.1) is 0 Å². The Kier molecular flexibility index (Phi) is 5.62. The van der Waals surface area contributed by atoms with Gasteiger partial charge in [-0.05, 0) is 43.3 Å². The quantitative estimate of drug-likeness (QED) is 0.821. The Morgan fingerprint density at radius 2 is 1.70 bits per heavy atom. The van der Waals surface area contributed by atoms with E-state index in [9.17, 15) is 8.42 Å². The number of nitrogens with one attached hydrogen (secondary N) is 1. The van der Waals surface area contributed by atoms with Crippen molar-refractivity contribution in [2.24, 2.45) is 0 Å². The molecule has 0 radical (unpaired) electrons. The molecule has 0 spiro atoms. The average Bonchev–Trinajstić information content (AvgIpc) is 2.49. The first kappa shape index (κ1) is 17.7. The third kappa shape index (κ3) is 4.22. The first-order chi connectivity index (χ1) is 10.9. The largest absolute Gasteiger partial charge is 0.495 e. The first-order valence-corrected chi connectivity index (χ1v) is 8.90. The third-order valence-corrected chi connectivity index (χ3v) is 4.89. The fourth-order valence-corrected chi connectivity index (χ4v) is 3.50. The highest BCUT2D eigenvalue weighted by atomic mass is 35.5. The molecule has 0 aromatic heterocycles. The maximum atomic E-state index is 12.4. The number of hydrogen-bond acceptors (Lipinski definition) is 4. The minimum Gasteiger partial charge on any atom is -0.495 e. The van der Waals surface area contributed by atoms with Gasteiger partial charge in [0.15, 0.2) is 0 Å². The standard InChI is InChI=1S/C15H15Cl2NO4S/c1-3-22-15-7-5-11(9-13(15)17)23(19,20)18-10-4-6-14(21-2)12(16)8-10/h4-9,18H,3H2,1-2H3. The molecule has 0 bridgehead atoms. The van der Waals surface area contributed by atoms with Crippen LogP contribution in [0.4, 0.5) is 5.69 Å². The van der Waals surface area contributed by atoms with E-state index < -0.39 is 10.0 Å². The second-order valence-electron chi connectivity index (χ2n) is 4.48. The molecule has 0 amide bonds. The van der Waals surface area contributed by atoms with E-state index >= 15 is 0 Å². The lowest BCUT2D eigenvalue weighted by Gasteiger charge is -2.11. The highest BCUT2D eigenvalue weighted by Gasteiger charge is 2.17. The Balaban J connectivity index is 2.28. The topological polar surface area (TPSA) is 64.6 Å². The fourth-order valence-electron chi connectivity index (χ4n) is 1.87. The smallest absolute Gasteiger partial charge is 0.261 e. The van der Waals surface area contributed by atoms with E-state index in [4.69, 9.17) is 32.7 Å². The minimum atomic E-state index is -3.79. The van der Waals surface area contributed by atoms with Crippen LogP contribution in [0.25, 0.3) is 0 Å². The highest BCUT2D eigenvalue weighted by Crippen LogP contribution is 2.30. The van der Waals surface area contributed by atoms with E-state index in [-0.39, 0.29) is 9.92 Å². The van der Waals surface area contributed by atoms with Gasteiger partial charge in [0.1, 0.15) is 11.5 Å². The normalized spacial score (nSPS) is 11.1. The van der Waals surface area contributed by atoms with Crippen LogP contribution in [-0.4, -0.2) is 22.1 Å². The van der Waals surface area contributed by atoms with Crippen LogP contribution in [0, 0.1) is 0 Å². The lowest BCUT2D eigenvalue weighted by molar-refractivity contribution is 0.340. The van der Waals surface area contributed by atoms with Gasteiger partial charge in [-0.3, -0.25) is 4.72 Å². The summed E-state index contributed by atoms with van der Waals surface area (Å²) in [5, 5.41) is 0.528. The molecule has 0 saturated heterocycles. The summed E-state index contributed by atoms with van der Waals surface area (Å²) in [6, 6.07) is 8.86. The molecule has 124 valence electrons. The van der Waals surface area contributed by atoms with E-state index in [1.807, 2.05) is 6.92 Å². The Morgan fingerprint density at radius 1 is 1.04 bits per heavy atom. The second kappa shape index (κ2) is 7.29. The van der Waals surface area contributed by atoms with Crippen LogP contribution in [0.2, 0.25) is 10.0 Å². The third-order valence-electron chi connectivity index (χ3n) is 2.92. The molecule has 0 aliphatic rings. The molecular weight excluding hydrogens is 361 g/mol. The summed E-state index contributed by atoms with van der Waals surface area (Å²) in [7, 11) is -2.31. The number of anilines is 1. The van der Waals surface area contributed by atoms with Gasteiger partial charge in [0.2, 0.25) is 0 Å². The van der Waals surface area contributed by atoms with Gasteiger partial charge in [0, 0.05) is 0 Å². The van der Waals surface area contributed by atoms with Gasteiger partial charge in [-0.25, -0.2) is 8.42 Å². The van der Waals surface area contributed by atoms with E-state index in [0.29, 0.717) is 28.8 Å². The minimum absolute atomic E-state index is 0.0258. The first-order valence-electron chi connectivity index (χ1n) is 6.66. The zero-order chi connectivity index (χ0) is 17.0. The summed E-state index contributed by atoms with van der Waals surface area (Å²) in [5.41, 5.74) is 0.320.